The van der Waals surface area contributed by atoms with Crippen LogP contribution in [-0.2, 0) is 0 Å². The Morgan fingerprint density at radius 3 is 1.54 bits per heavy atom. The van der Waals surface area contributed by atoms with E-state index in [4.69, 9.17) is 0 Å². The summed E-state index contributed by atoms with van der Waals surface area (Å²) >= 11 is 0. The first-order chi connectivity index (χ1) is 5.41. The van der Waals surface area contributed by atoms with E-state index in [2.05, 4.69) is 13.8 Å². The van der Waals surface area contributed by atoms with Gasteiger partial charge in [-0.3, -0.25) is 0 Å². The second-order valence-corrected chi connectivity index (χ2v) is 3.33. The van der Waals surface area contributed by atoms with Gasteiger partial charge in [0.15, 0.2) is 0 Å². The van der Waals surface area contributed by atoms with E-state index in [-0.39, 0.29) is 59.1 Å². The smallest absolute Gasteiger partial charge is 0.343 e. The summed E-state index contributed by atoms with van der Waals surface area (Å²) < 4.78 is 0. The van der Waals surface area contributed by atoms with E-state index >= 15 is 0 Å². The molecule has 0 saturated carbocycles. The molecule has 0 amide bonds. The minimum absolute atomic E-state index is 0. The van der Waals surface area contributed by atoms with Crippen molar-refractivity contribution in [2.24, 2.45) is 0 Å². The molecule has 0 atom stereocenters. The zero-order valence-corrected chi connectivity index (χ0v) is 14.1. The van der Waals surface area contributed by atoms with E-state index in [1.54, 1.807) is 0 Å². The first kappa shape index (κ1) is 20.4. The Bertz CT molecular complexity index is 57.1. The fourth-order valence-corrected chi connectivity index (χ4v) is 1.31. The van der Waals surface area contributed by atoms with Gasteiger partial charge in [-0.1, -0.05) is 58.3 Å². The molecule has 0 aromatic rings. The number of unbranched alkanes of at least 4 members (excludes halogenated alkanes) is 8. The molecule has 0 saturated heterocycles. The Balaban J connectivity index is -0.000000500. The second kappa shape index (κ2) is 19.6. The summed E-state index contributed by atoms with van der Waals surface area (Å²) in [4.78, 5) is 0. The molecule has 0 N–H and O–H groups in total. The van der Waals surface area contributed by atoms with Gasteiger partial charge < -0.3 is 6.92 Å². The van der Waals surface area contributed by atoms with E-state index in [0.717, 1.165) is 6.42 Å². The Kier molecular flexibility index (Phi) is 30.7. The Hall–Kier alpha value is 2.00. The average molecular weight is 201 g/mol. The van der Waals surface area contributed by atoms with Crippen molar-refractivity contribution in [1.29, 1.82) is 0 Å². The van der Waals surface area contributed by atoms with Gasteiger partial charge in [0, 0.05) is 29.6 Å². The van der Waals surface area contributed by atoms with Gasteiger partial charge in [0.1, 0.15) is 0 Å². The molecule has 0 bridgehead atoms. The van der Waals surface area contributed by atoms with Gasteiger partial charge in [-0.25, -0.2) is 0 Å². The molecular weight excluding hydrogens is 178 g/mol. The van der Waals surface area contributed by atoms with Crippen molar-refractivity contribution in [3.63, 3.8) is 0 Å². The van der Waals surface area contributed by atoms with Gasteiger partial charge in [-0.2, -0.15) is 6.42 Å². The van der Waals surface area contributed by atoms with Crippen LogP contribution < -0.4 is 29.6 Å². The molecule has 0 spiro atoms. The molecule has 69 valence electrons. The first-order valence-electron chi connectivity index (χ1n) is 5.21. The molecule has 2 heteroatoms. The Morgan fingerprint density at radius 2 is 1.15 bits per heavy atom. The topological polar surface area (TPSA) is 0 Å². The van der Waals surface area contributed by atoms with Crippen molar-refractivity contribution in [3.05, 3.63) is 6.92 Å². The summed E-state index contributed by atoms with van der Waals surface area (Å²) in [5.74, 6) is 0. The molecule has 0 rings (SSSR count). The van der Waals surface area contributed by atoms with E-state index < -0.39 is 0 Å². The monoisotopic (exact) mass is 201 g/mol. The molecule has 1 radical (unpaired) electrons. The van der Waals surface area contributed by atoms with Crippen molar-refractivity contribution in [2.75, 3.05) is 0 Å². The molecule has 0 aliphatic rings. The van der Waals surface area contributed by atoms with Crippen molar-refractivity contribution in [3.8, 4) is 0 Å². The van der Waals surface area contributed by atoms with Crippen molar-refractivity contribution in [1.82, 2.24) is 0 Å². The van der Waals surface area contributed by atoms with Gasteiger partial charge in [-0.15, -0.1) is 0 Å². The maximum atomic E-state index is 3.83. The quantitative estimate of drug-likeness (QED) is 0.312. The summed E-state index contributed by atoms with van der Waals surface area (Å²) in [6.45, 7) is 6.10. The normalized spacial score (nSPS) is 8.77. The molecule has 0 aliphatic carbocycles. The van der Waals surface area contributed by atoms with E-state index in [1.165, 1.54) is 51.4 Å². The molecule has 13 heavy (non-hydrogen) atoms. The van der Waals surface area contributed by atoms with Gasteiger partial charge in [0.2, 0.25) is 0 Å². The second-order valence-electron chi connectivity index (χ2n) is 3.33. The summed E-state index contributed by atoms with van der Waals surface area (Å²) in [6, 6.07) is 0. The fraction of sp³-hybridized carbons (Fsp3) is 0.909. The minimum Gasteiger partial charge on any atom is -0.343 e. The first-order valence-corrected chi connectivity index (χ1v) is 5.21. The zero-order chi connectivity index (χ0) is 8.36. The number of hydrogen-bond acceptors (Lipinski definition) is 0. The third-order valence-electron chi connectivity index (χ3n) is 2.10. The largest absolute Gasteiger partial charge is 1.00 e. The summed E-state index contributed by atoms with van der Waals surface area (Å²) in [5.41, 5.74) is 0. The van der Waals surface area contributed by atoms with Crippen LogP contribution in [0.25, 0.3) is 0 Å². The van der Waals surface area contributed by atoms with Gasteiger partial charge >= 0.3 is 29.6 Å². The molecule has 0 aromatic carbocycles. The molecule has 0 aromatic heterocycles. The standard InChI is InChI=1S/C11H23.2Na/c1-3-5-7-9-11-10-8-6-4-2;;/h1,3-11H2,2H3;;/q-1;;+1. The minimum atomic E-state index is 0. The van der Waals surface area contributed by atoms with Crippen LogP contribution in [0.3, 0.4) is 0 Å². The molecule has 0 heterocycles. The summed E-state index contributed by atoms with van der Waals surface area (Å²) in [5, 5.41) is 0. The molecule has 0 nitrogen and oxygen atoms in total. The van der Waals surface area contributed by atoms with Crippen LogP contribution in [-0.4, -0.2) is 29.6 Å². The van der Waals surface area contributed by atoms with Crippen LogP contribution in [0, 0.1) is 6.92 Å². The SMILES string of the molecule is [CH2-]CCCCCCCCCC.[Na+].[Na]. The van der Waals surface area contributed by atoms with Gasteiger partial charge in [0.05, 0.1) is 0 Å². The van der Waals surface area contributed by atoms with Crippen LogP contribution in [0.1, 0.15) is 64.7 Å². The Morgan fingerprint density at radius 1 is 0.769 bits per heavy atom. The fourth-order valence-electron chi connectivity index (χ4n) is 1.31. The van der Waals surface area contributed by atoms with Crippen LogP contribution >= 0.6 is 0 Å². The Labute approximate surface area is 129 Å². The van der Waals surface area contributed by atoms with Crippen LogP contribution in [0.5, 0.6) is 0 Å². The summed E-state index contributed by atoms with van der Waals surface area (Å²) in [7, 11) is 0. The predicted octanol–water partition coefficient (Wildman–Crippen LogP) is 0.974. The van der Waals surface area contributed by atoms with Crippen molar-refractivity contribution < 1.29 is 29.6 Å². The predicted molar refractivity (Wildman–Crippen MR) is 58.3 cm³/mol. The number of rotatable bonds is 8. The zero-order valence-electron chi connectivity index (χ0n) is 10.1. The maximum Gasteiger partial charge on any atom is 1.00 e. The number of hydrogen-bond donors (Lipinski definition) is 0. The van der Waals surface area contributed by atoms with E-state index in [1.807, 2.05) is 0 Å². The third-order valence-corrected chi connectivity index (χ3v) is 2.10. The van der Waals surface area contributed by atoms with Crippen molar-refractivity contribution >= 4 is 29.6 Å². The molecular formula is C11H23Na2. The third kappa shape index (κ3) is 20.2. The molecule has 0 aliphatic heterocycles. The molecule has 0 unspecified atom stereocenters. The van der Waals surface area contributed by atoms with Crippen molar-refractivity contribution in [2.45, 2.75) is 64.7 Å². The van der Waals surface area contributed by atoms with E-state index in [9.17, 15) is 0 Å². The van der Waals surface area contributed by atoms with Gasteiger partial charge in [-0.05, 0) is 0 Å². The van der Waals surface area contributed by atoms with Crippen LogP contribution in [0.15, 0.2) is 0 Å². The van der Waals surface area contributed by atoms with Crippen LogP contribution in [0.4, 0.5) is 0 Å². The summed E-state index contributed by atoms with van der Waals surface area (Å²) in [6.07, 6.45) is 12.4. The maximum absolute atomic E-state index is 3.83. The van der Waals surface area contributed by atoms with Gasteiger partial charge in [0.25, 0.3) is 0 Å². The average Bonchev–Trinajstić information content (AvgIpc) is 2.03. The molecule has 0 fully saturated rings. The van der Waals surface area contributed by atoms with Crippen LogP contribution in [0.2, 0.25) is 0 Å². The van der Waals surface area contributed by atoms with E-state index in [0.29, 0.717) is 0 Å².